The van der Waals surface area contributed by atoms with Crippen molar-refractivity contribution < 1.29 is 52.7 Å². The molecule has 2 heterocycles. The van der Waals surface area contributed by atoms with Gasteiger partial charge < -0.3 is 4.74 Å². The van der Waals surface area contributed by atoms with Crippen LogP contribution in [0.2, 0.25) is 0 Å². The number of allylic oxidation sites excluding steroid dienone is 1. The van der Waals surface area contributed by atoms with E-state index in [9.17, 15) is 48.0 Å². The third-order valence-corrected chi connectivity index (χ3v) is 6.97. The minimum Gasteiger partial charge on any atom is -0.438 e. The van der Waals surface area contributed by atoms with E-state index in [2.05, 4.69) is 4.74 Å². The third-order valence-electron chi connectivity index (χ3n) is 3.99. The van der Waals surface area contributed by atoms with E-state index in [-0.39, 0.29) is 6.20 Å². The van der Waals surface area contributed by atoms with E-state index in [1.54, 1.807) is 0 Å². The fourth-order valence-corrected chi connectivity index (χ4v) is 4.76. The number of alkyl halides is 6. The molecule has 0 aromatic rings. The van der Waals surface area contributed by atoms with Crippen LogP contribution in [0.1, 0.15) is 13.8 Å². The summed E-state index contributed by atoms with van der Waals surface area (Å²) < 4.78 is 128. The molecule has 0 bridgehead atoms. The maximum absolute atomic E-state index is 13.0. The molecule has 0 amide bonds. The molecule has 2 aliphatic rings. The van der Waals surface area contributed by atoms with Gasteiger partial charge in [-0.3, -0.25) is 9.10 Å². The smallest absolute Gasteiger partial charge is 0.438 e. The Hall–Kier alpha value is -2.22. The van der Waals surface area contributed by atoms with Crippen LogP contribution in [-0.4, -0.2) is 54.7 Å². The summed E-state index contributed by atoms with van der Waals surface area (Å²) in [5.41, 5.74) is -15.8. The number of hydrogen-bond donors (Lipinski definition) is 0. The molecule has 1 fully saturated rings. The molecular weight excluding hydrogens is 448 g/mol. The molecule has 1 saturated heterocycles. The number of nitriles is 1. The minimum absolute atomic E-state index is 0.225. The van der Waals surface area contributed by atoms with Gasteiger partial charge in [-0.2, -0.15) is 48.4 Å². The molecule has 0 aliphatic carbocycles. The van der Waals surface area contributed by atoms with Crippen molar-refractivity contribution in [2.24, 2.45) is 5.41 Å². The van der Waals surface area contributed by atoms with Gasteiger partial charge in [0, 0.05) is 0 Å². The predicted octanol–water partition coefficient (Wildman–Crippen LogP) is 0.946. The van der Waals surface area contributed by atoms with Crippen LogP contribution in [0.15, 0.2) is 11.9 Å². The maximum atomic E-state index is 13.0. The summed E-state index contributed by atoms with van der Waals surface area (Å²) in [5.74, 6) is -1.47. The lowest BCUT2D eigenvalue weighted by atomic mass is 9.85. The molecule has 158 valence electrons. The summed E-state index contributed by atoms with van der Waals surface area (Å²) in [6.45, 7) is 1.70. The monoisotopic (exact) mass is 457 g/mol. The van der Waals surface area contributed by atoms with E-state index in [0.717, 1.165) is 19.9 Å². The van der Waals surface area contributed by atoms with E-state index in [1.807, 2.05) is 0 Å². The minimum atomic E-state index is -6.43. The van der Waals surface area contributed by atoms with Gasteiger partial charge in [-0.1, -0.05) is 0 Å². The van der Waals surface area contributed by atoms with Gasteiger partial charge in [-0.25, -0.2) is 4.31 Å². The van der Waals surface area contributed by atoms with Crippen molar-refractivity contribution in [1.29, 1.82) is 5.26 Å². The normalized spacial score (nSPS) is 25.7. The third kappa shape index (κ3) is 2.85. The Balaban J connectivity index is 2.87. The summed E-state index contributed by atoms with van der Waals surface area (Å²) in [7, 11) is -12.8. The Morgan fingerprint density at radius 1 is 1.07 bits per heavy atom. The van der Waals surface area contributed by atoms with E-state index in [1.165, 1.54) is 0 Å². The highest BCUT2D eigenvalue weighted by Crippen LogP contribution is 2.48. The largest absolute Gasteiger partial charge is 0.516 e. The molecule has 0 aromatic carbocycles. The second-order valence-electron chi connectivity index (χ2n) is 6.12. The van der Waals surface area contributed by atoms with E-state index >= 15 is 0 Å². The van der Waals surface area contributed by atoms with Crippen molar-refractivity contribution in [3.8, 4) is 6.07 Å². The zero-order valence-electron chi connectivity index (χ0n) is 13.6. The number of rotatable bonds is 2. The van der Waals surface area contributed by atoms with Crippen molar-refractivity contribution in [1.82, 2.24) is 8.61 Å². The lowest BCUT2D eigenvalue weighted by Crippen LogP contribution is -2.61. The van der Waals surface area contributed by atoms with Crippen molar-refractivity contribution >= 4 is 26.0 Å². The first-order valence-electron chi connectivity index (χ1n) is 6.85. The number of sulfonamides is 2. The molecule has 0 radical (unpaired) electrons. The van der Waals surface area contributed by atoms with Gasteiger partial charge in [0.15, 0.2) is 5.70 Å². The molecule has 0 saturated carbocycles. The van der Waals surface area contributed by atoms with Crippen LogP contribution in [-0.2, 0) is 29.6 Å². The number of fused-ring (bicyclic) bond motifs is 1. The molecule has 2 aliphatic heterocycles. The fraction of sp³-hybridized carbons (Fsp3) is 0.636. The van der Waals surface area contributed by atoms with Crippen LogP contribution in [0.4, 0.5) is 26.3 Å². The molecule has 28 heavy (non-hydrogen) atoms. The predicted molar refractivity (Wildman–Crippen MR) is 74.8 cm³/mol. The maximum Gasteiger partial charge on any atom is 0.516 e. The van der Waals surface area contributed by atoms with E-state index in [0.29, 0.717) is 0 Å². The Bertz CT molecular complexity index is 991. The molecular formula is C11H9F6N3O6S2. The molecule has 9 nitrogen and oxygen atoms in total. The van der Waals surface area contributed by atoms with Crippen LogP contribution in [0.25, 0.3) is 0 Å². The molecule has 17 heteroatoms. The molecule has 0 aromatic heterocycles. The number of hydrogen-bond acceptors (Lipinski definition) is 7. The van der Waals surface area contributed by atoms with Crippen molar-refractivity contribution in [3.05, 3.63) is 11.9 Å². The molecule has 2 unspecified atom stereocenters. The first-order valence-corrected chi connectivity index (χ1v) is 9.73. The molecule has 0 N–H and O–H groups in total. The molecule has 0 spiro atoms. The highest BCUT2D eigenvalue weighted by Gasteiger charge is 2.67. The van der Waals surface area contributed by atoms with Crippen molar-refractivity contribution in [3.63, 3.8) is 0 Å². The average molecular weight is 457 g/mol. The second kappa shape index (κ2) is 5.89. The summed E-state index contributed by atoms with van der Waals surface area (Å²) >= 11 is 0. The quantitative estimate of drug-likeness (QED) is 0.447. The van der Waals surface area contributed by atoms with Crippen LogP contribution in [0.3, 0.4) is 0 Å². The molecule has 2 atom stereocenters. The van der Waals surface area contributed by atoms with E-state index in [4.69, 9.17) is 5.26 Å². The highest BCUT2D eigenvalue weighted by molar-refractivity contribution is 7.90. The first-order chi connectivity index (χ1) is 12.3. The standard InChI is InChI=1S/C11H9F6N3O6S2/c1-9(2)6-7(26-8(9)21)20(28(24,25)11(15,16)17)5(3-18)4-19(6)27(22,23)10(12,13)14/h4,6-7H,1-2H3. The Morgan fingerprint density at radius 2 is 1.54 bits per heavy atom. The van der Waals surface area contributed by atoms with Gasteiger partial charge in [-0.15, -0.1) is 0 Å². The summed E-state index contributed by atoms with van der Waals surface area (Å²) in [5, 5.41) is 8.96. The summed E-state index contributed by atoms with van der Waals surface area (Å²) in [4.78, 5) is 12.0. The summed E-state index contributed by atoms with van der Waals surface area (Å²) in [6, 6.07) is -1.49. The fourth-order valence-electron chi connectivity index (χ4n) is 2.61. The van der Waals surface area contributed by atoms with Gasteiger partial charge in [0.05, 0.1) is 11.6 Å². The Kier molecular flexibility index (Phi) is 4.64. The lowest BCUT2D eigenvalue weighted by Gasteiger charge is -2.42. The SMILES string of the molecule is CC1(C)C(=O)OC2C1N(S(=O)(=O)C(F)(F)F)C=C(C#N)N2S(=O)(=O)C(F)(F)F. The number of nitrogens with zero attached hydrogens (tertiary/aromatic N) is 3. The van der Waals surface area contributed by atoms with Gasteiger partial charge >= 0.3 is 37.0 Å². The van der Waals surface area contributed by atoms with Crippen molar-refractivity contribution in [2.45, 2.75) is 37.1 Å². The summed E-state index contributed by atoms with van der Waals surface area (Å²) in [6.07, 6.45) is -2.91. The second-order valence-corrected chi connectivity index (χ2v) is 9.76. The van der Waals surface area contributed by atoms with Gasteiger partial charge in [-0.05, 0) is 13.8 Å². The number of esters is 1. The average Bonchev–Trinajstić information content (AvgIpc) is 2.73. The lowest BCUT2D eigenvalue weighted by molar-refractivity contribution is -0.150. The highest BCUT2D eigenvalue weighted by atomic mass is 32.2. The van der Waals surface area contributed by atoms with Crippen LogP contribution in [0, 0.1) is 16.7 Å². The topological polar surface area (TPSA) is 125 Å². The van der Waals surface area contributed by atoms with Crippen LogP contribution < -0.4 is 0 Å². The zero-order valence-corrected chi connectivity index (χ0v) is 15.2. The zero-order chi connectivity index (χ0) is 22.1. The number of carbonyl (C=O) groups is 1. The van der Waals surface area contributed by atoms with Gasteiger partial charge in [0.2, 0.25) is 6.23 Å². The molecule has 2 rings (SSSR count). The number of ether oxygens (including phenoxy) is 1. The number of carbonyl (C=O) groups excluding carboxylic acids is 1. The van der Waals surface area contributed by atoms with Gasteiger partial charge in [0.25, 0.3) is 0 Å². The van der Waals surface area contributed by atoms with E-state index < -0.39 is 69.0 Å². The Morgan fingerprint density at radius 3 is 1.93 bits per heavy atom. The van der Waals surface area contributed by atoms with Crippen LogP contribution >= 0.6 is 0 Å². The van der Waals surface area contributed by atoms with Crippen molar-refractivity contribution in [2.75, 3.05) is 0 Å². The Labute approximate surface area is 153 Å². The van der Waals surface area contributed by atoms with Crippen LogP contribution in [0.5, 0.6) is 0 Å². The first kappa shape index (κ1) is 22.1. The van der Waals surface area contributed by atoms with Gasteiger partial charge in [0.1, 0.15) is 12.1 Å². The number of halogens is 6.